The summed E-state index contributed by atoms with van der Waals surface area (Å²) in [7, 11) is 0. The molecule has 0 unspecified atom stereocenters. The lowest BCUT2D eigenvalue weighted by atomic mass is 10.0. The van der Waals surface area contributed by atoms with Crippen molar-refractivity contribution in [3.05, 3.63) is 29.3 Å². The normalized spacial score (nSPS) is 20.1. The van der Waals surface area contributed by atoms with Crippen molar-refractivity contribution in [2.24, 2.45) is 0 Å². The first kappa shape index (κ1) is 24.9. The summed E-state index contributed by atoms with van der Waals surface area (Å²) in [5.74, 6) is 0.590. The number of anilines is 2. The molecule has 11 nitrogen and oxygen atoms in total. The van der Waals surface area contributed by atoms with Gasteiger partial charge in [0.25, 0.3) is 6.47 Å². The Hall–Kier alpha value is -3.26. The maximum Gasteiger partial charge on any atom is 0.423 e. The fourth-order valence-electron chi connectivity index (χ4n) is 4.17. The molecule has 2 aromatic heterocycles. The summed E-state index contributed by atoms with van der Waals surface area (Å²) in [5, 5.41) is 13.4. The largest absolute Gasteiger partial charge is 0.483 e. The lowest BCUT2D eigenvalue weighted by molar-refractivity contribution is -0.142. The minimum absolute atomic E-state index is 0.0345. The van der Waals surface area contributed by atoms with Gasteiger partial charge in [-0.2, -0.15) is 18.2 Å². The molecular weight excluding hydrogens is 471 g/mol. The molecule has 2 aromatic rings. The number of nitrogens with zero attached hydrogens (tertiary/aromatic N) is 5. The van der Waals surface area contributed by atoms with Crippen LogP contribution in [0, 0.1) is 0 Å². The second kappa shape index (κ2) is 11.0. The highest BCUT2D eigenvalue weighted by atomic mass is 19.4. The van der Waals surface area contributed by atoms with Crippen LogP contribution in [0.15, 0.2) is 12.5 Å². The second-order valence-corrected chi connectivity index (χ2v) is 8.27. The number of hydrogen-bond donors (Lipinski definition) is 3. The molecule has 3 N–H and O–H groups in total. The van der Waals surface area contributed by atoms with Gasteiger partial charge in [0.05, 0.1) is 18.9 Å². The Labute approximate surface area is 199 Å². The van der Waals surface area contributed by atoms with Crippen LogP contribution in [0.5, 0.6) is 5.88 Å². The topological polar surface area (TPSA) is 135 Å². The second-order valence-electron chi connectivity index (χ2n) is 8.27. The van der Waals surface area contributed by atoms with Crippen LogP contribution in [0.2, 0.25) is 0 Å². The summed E-state index contributed by atoms with van der Waals surface area (Å²) in [6.07, 6.45) is -0.0267. The van der Waals surface area contributed by atoms with E-state index in [4.69, 9.17) is 19.4 Å². The Morgan fingerprint density at radius 1 is 1.29 bits per heavy atom. The van der Waals surface area contributed by atoms with E-state index in [0.29, 0.717) is 6.54 Å². The van der Waals surface area contributed by atoms with Crippen LogP contribution in [-0.2, 0) is 28.7 Å². The van der Waals surface area contributed by atoms with Crippen molar-refractivity contribution >= 4 is 18.2 Å². The zero-order valence-electron chi connectivity index (χ0n) is 18.8. The molecular formula is C21H26F3N7O4. The monoisotopic (exact) mass is 497 g/mol. The molecule has 0 amide bonds. The van der Waals surface area contributed by atoms with Crippen LogP contribution in [0.25, 0.3) is 0 Å². The Morgan fingerprint density at radius 3 is 2.80 bits per heavy atom. The zero-order valence-corrected chi connectivity index (χ0v) is 18.8. The average Bonchev–Trinajstić information content (AvgIpc) is 2.81. The third-order valence-electron chi connectivity index (χ3n) is 5.86. The highest BCUT2D eigenvalue weighted by Crippen LogP contribution is 2.36. The lowest BCUT2D eigenvalue weighted by Crippen LogP contribution is -2.44. The number of alkyl halides is 3. The van der Waals surface area contributed by atoms with Crippen LogP contribution >= 0.6 is 0 Å². The number of rotatable bonds is 5. The molecule has 0 bridgehead atoms. The van der Waals surface area contributed by atoms with Gasteiger partial charge in [-0.25, -0.2) is 15.0 Å². The summed E-state index contributed by atoms with van der Waals surface area (Å²) in [6.45, 7) is 3.37. The van der Waals surface area contributed by atoms with E-state index in [9.17, 15) is 13.2 Å². The molecule has 1 atom stereocenters. The Bertz CT molecular complexity index is 1020. The fourth-order valence-corrected chi connectivity index (χ4v) is 4.17. The van der Waals surface area contributed by atoms with Gasteiger partial charge in [-0.1, -0.05) is 0 Å². The number of halogens is 3. The van der Waals surface area contributed by atoms with Gasteiger partial charge < -0.3 is 30.1 Å². The van der Waals surface area contributed by atoms with Crippen molar-refractivity contribution in [2.45, 2.75) is 44.1 Å². The van der Waals surface area contributed by atoms with Crippen LogP contribution in [0.3, 0.4) is 0 Å². The van der Waals surface area contributed by atoms with E-state index in [-0.39, 0.29) is 31.7 Å². The van der Waals surface area contributed by atoms with Crippen molar-refractivity contribution in [2.75, 3.05) is 43.1 Å². The molecule has 5 heterocycles. The Morgan fingerprint density at radius 2 is 2.09 bits per heavy atom. The molecule has 0 radical (unpaired) electrons. The molecule has 35 heavy (non-hydrogen) atoms. The number of piperidine rings is 1. The molecule has 0 saturated carbocycles. The summed E-state index contributed by atoms with van der Waals surface area (Å²) >= 11 is 0. The first-order chi connectivity index (χ1) is 16.9. The number of aromatic nitrogens is 4. The molecule has 190 valence electrons. The first-order valence-electron chi connectivity index (χ1n) is 11.2. The summed E-state index contributed by atoms with van der Waals surface area (Å²) in [6, 6.07) is -0.0345. The van der Waals surface area contributed by atoms with Crippen molar-refractivity contribution in [1.29, 1.82) is 0 Å². The molecule has 5 rings (SSSR count). The summed E-state index contributed by atoms with van der Waals surface area (Å²) in [5.41, 5.74) is 1.20. The van der Waals surface area contributed by atoms with Gasteiger partial charge in [-0.15, -0.1) is 0 Å². The van der Waals surface area contributed by atoms with Gasteiger partial charge >= 0.3 is 6.18 Å². The minimum Gasteiger partial charge on any atom is -0.483 e. The van der Waals surface area contributed by atoms with Crippen molar-refractivity contribution in [3.63, 3.8) is 0 Å². The van der Waals surface area contributed by atoms with Crippen LogP contribution in [-0.4, -0.2) is 76.5 Å². The predicted molar refractivity (Wildman–Crippen MR) is 117 cm³/mol. The van der Waals surface area contributed by atoms with Gasteiger partial charge in [0.2, 0.25) is 11.8 Å². The smallest absolute Gasteiger partial charge is 0.423 e. The van der Waals surface area contributed by atoms with E-state index in [1.807, 2.05) is 0 Å². The van der Waals surface area contributed by atoms with Crippen molar-refractivity contribution in [3.8, 4) is 5.88 Å². The van der Waals surface area contributed by atoms with E-state index in [1.54, 1.807) is 6.33 Å². The fraction of sp³-hybridized carbons (Fsp3) is 0.571. The molecule has 0 aromatic carbocycles. The highest BCUT2D eigenvalue weighted by Gasteiger charge is 2.38. The highest BCUT2D eigenvalue weighted by molar-refractivity contribution is 5.50. The SMILES string of the molecule is FC(F)(F)c1cnc(N[C@@H]2CCCN(c3ncnc4c3CCNC4)C2)nc1OC1COC1.O=CO. The number of nitrogens with one attached hydrogen (secondary N) is 2. The zero-order chi connectivity index (χ0) is 24.8. The third kappa shape index (κ3) is 6.06. The number of carbonyl (C=O) groups is 1. The Balaban J connectivity index is 0.000000917. The van der Waals surface area contributed by atoms with E-state index >= 15 is 0 Å². The molecule has 0 spiro atoms. The maximum absolute atomic E-state index is 13.4. The third-order valence-corrected chi connectivity index (χ3v) is 5.86. The van der Waals surface area contributed by atoms with E-state index in [2.05, 4.69) is 35.5 Å². The van der Waals surface area contributed by atoms with Gasteiger partial charge in [0.1, 0.15) is 23.8 Å². The van der Waals surface area contributed by atoms with E-state index in [1.165, 1.54) is 0 Å². The van der Waals surface area contributed by atoms with Gasteiger partial charge in [0, 0.05) is 37.4 Å². The molecule has 0 aliphatic carbocycles. The van der Waals surface area contributed by atoms with Crippen LogP contribution in [0.4, 0.5) is 24.9 Å². The van der Waals surface area contributed by atoms with Gasteiger partial charge in [0.15, 0.2) is 0 Å². The molecule has 14 heteroatoms. The lowest BCUT2D eigenvalue weighted by Gasteiger charge is -2.35. The number of carboxylic acid groups (broad SMARTS) is 1. The van der Waals surface area contributed by atoms with Gasteiger partial charge in [-0.05, 0) is 25.8 Å². The molecule has 2 fully saturated rings. The van der Waals surface area contributed by atoms with Crippen molar-refractivity contribution in [1.82, 2.24) is 25.3 Å². The van der Waals surface area contributed by atoms with Crippen molar-refractivity contribution < 1.29 is 32.5 Å². The average molecular weight is 497 g/mol. The minimum atomic E-state index is -4.60. The Kier molecular flexibility index (Phi) is 7.80. The quantitative estimate of drug-likeness (QED) is 0.519. The molecule has 3 aliphatic rings. The van der Waals surface area contributed by atoms with E-state index < -0.39 is 23.7 Å². The van der Waals surface area contributed by atoms with Crippen LogP contribution in [0.1, 0.15) is 29.7 Å². The van der Waals surface area contributed by atoms with Crippen LogP contribution < -0.4 is 20.3 Å². The number of ether oxygens (including phenoxy) is 2. The molecule has 2 saturated heterocycles. The summed E-state index contributed by atoms with van der Waals surface area (Å²) < 4.78 is 50.5. The van der Waals surface area contributed by atoms with Gasteiger partial charge in [-0.3, -0.25) is 4.79 Å². The first-order valence-corrected chi connectivity index (χ1v) is 11.2. The number of fused-ring (bicyclic) bond motifs is 1. The molecule has 3 aliphatic heterocycles. The predicted octanol–water partition coefficient (Wildman–Crippen LogP) is 1.49. The summed E-state index contributed by atoms with van der Waals surface area (Å²) in [4.78, 5) is 27.4. The standard InChI is InChI=1S/C20H24F3N7O2.CH2O2/c21-20(22,23)15-6-25-19(29-18(15)32-13-9-31-10-13)28-12-2-1-5-30(8-12)17-14-3-4-24-7-16(14)26-11-27-17;2-1-3/h6,11-13,24H,1-5,7-10H2,(H,25,28,29);1H,(H,2,3)/t12-;/m1./s1. The maximum atomic E-state index is 13.4. The number of hydrogen-bond acceptors (Lipinski definition) is 10. The van der Waals surface area contributed by atoms with E-state index in [0.717, 1.165) is 62.2 Å².